The molecule has 0 spiro atoms. The van der Waals surface area contributed by atoms with Crippen molar-refractivity contribution in [3.8, 4) is 33.8 Å². The van der Waals surface area contributed by atoms with E-state index in [4.69, 9.17) is 9.97 Å². The van der Waals surface area contributed by atoms with Gasteiger partial charge in [-0.3, -0.25) is 4.98 Å². The first kappa shape index (κ1) is 21.7. The van der Waals surface area contributed by atoms with Crippen LogP contribution in [0.4, 0.5) is 5.82 Å². The number of fused-ring (bicyclic) bond motifs is 1. The second-order valence-electron chi connectivity index (χ2n) is 8.69. The molecule has 5 heteroatoms. The Morgan fingerprint density at radius 2 is 1.39 bits per heavy atom. The van der Waals surface area contributed by atoms with E-state index in [0.717, 1.165) is 52.2 Å². The zero-order valence-corrected chi connectivity index (χ0v) is 19.7. The molecule has 0 radical (unpaired) electrons. The molecule has 0 atom stereocenters. The summed E-state index contributed by atoms with van der Waals surface area (Å²) in [5.41, 5.74) is 7.40. The highest BCUT2D eigenvalue weighted by Gasteiger charge is 2.11. The maximum absolute atomic E-state index is 4.91. The van der Waals surface area contributed by atoms with Gasteiger partial charge in [0.15, 0.2) is 5.82 Å². The molecule has 0 aliphatic heterocycles. The molecule has 174 valence electrons. The van der Waals surface area contributed by atoms with Crippen LogP contribution in [0.25, 0.3) is 44.7 Å². The minimum Gasteiger partial charge on any atom is -0.370 e. The first-order valence-electron chi connectivity index (χ1n) is 12.1. The lowest BCUT2D eigenvalue weighted by molar-refractivity contribution is 1.01. The van der Waals surface area contributed by atoms with Crippen molar-refractivity contribution in [2.45, 2.75) is 6.42 Å². The van der Waals surface area contributed by atoms with E-state index in [9.17, 15) is 0 Å². The third-order valence-electron chi connectivity index (χ3n) is 6.27. The van der Waals surface area contributed by atoms with Crippen molar-refractivity contribution >= 4 is 16.7 Å². The lowest BCUT2D eigenvalue weighted by Crippen LogP contribution is -2.07. The lowest BCUT2D eigenvalue weighted by Gasteiger charge is -2.11. The molecule has 3 heterocycles. The largest absolute Gasteiger partial charge is 0.370 e. The Labute approximate surface area is 209 Å². The van der Waals surface area contributed by atoms with Gasteiger partial charge in [0.25, 0.3) is 0 Å². The van der Waals surface area contributed by atoms with Crippen LogP contribution in [0.5, 0.6) is 0 Å². The van der Waals surface area contributed by atoms with E-state index in [1.54, 1.807) is 0 Å². The molecule has 36 heavy (non-hydrogen) atoms. The normalized spacial score (nSPS) is 11.0. The highest BCUT2D eigenvalue weighted by atomic mass is 15.0. The van der Waals surface area contributed by atoms with Gasteiger partial charge in [-0.05, 0) is 29.7 Å². The lowest BCUT2D eigenvalue weighted by atomic mass is 10.0. The summed E-state index contributed by atoms with van der Waals surface area (Å²) >= 11 is 0. The van der Waals surface area contributed by atoms with Gasteiger partial charge in [-0.2, -0.15) is 0 Å². The quantitative estimate of drug-likeness (QED) is 0.265. The second kappa shape index (κ2) is 9.84. The standard InChI is InChI=1S/C31H25N5/c1-3-9-22(10-4-1)25-17-26(20-32-19-25)29-18-30(36-31(35-29)23-11-5-2-6-12-23)33-16-15-24-21-34-28-14-8-7-13-27(24)28/h1-14,17-21,34H,15-16H2,(H,33,35,36). The zero-order valence-electron chi connectivity index (χ0n) is 19.7. The maximum atomic E-state index is 4.91. The zero-order chi connectivity index (χ0) is 24.2. The van der Waals surface area contributed by atoms with E-state index in [0.29, 0.717) is 5.82 Å². The number of anilines is 1. The minimum atomic E-state index is 0.688. The summed E-state index contributed by atoms with van der Waals surface area (Å²) in [6.07, 6.45) is 6.72. The Balaban J connectivity index is 1.32. The third kappa shape index (κ3) is 4.59. The predicted molar refractivity (Wildman–Crippen MR) is 147 cm³/mol. The maximum Gasteiger partial charge on any atom is 0.162 e. The Kier molecular flexibility index (Phi) is 5.94. The number of pyridine rings is 1. The number of nitrogens with zero attached hydrogens (tertiary/aromatic N) is 3. The van der Waals surface area contributed by atoms with Crippen LogP contribution in [0.3, 0.4) is 0 Å². The molecular formula is C31H25N5. The summed E-state index contributed by atoms with van der Waals surface area (Å²) in [6.45, 7) is 0.759. The van der Waals surface area contributed by atoms with Crippen molar-refractivity contribution in [1.29, 1.82) is 0 Å². The van der Waals surface area contributed by atoms with Gasteiger partial charge in [0.05, 0.1) is 5.69 Å². The number of nitrogens with one attached hydrogen (secondary N) is 2. The molecule has 0 bridgehead atoms. The fourth-order valence-corrected chi connectivity index (χ4v) is 4.43. The van der Waals surface area contributed by atoms with E-state index in [1.807, 2.05) is 67.0 Å². The molecule has 0 aliphatic rings. The Bertz CT molecular complexity index is 1610. The van der Waals surface area contributed by atoms with Crippen molar-refractivity contribution in [3.63, 3.8) is 0 Å². The highest BCUT2D eigenvalue weighted by molar-refractivity contribution is 5.83. The molecule has 0 fully saturated rings. The number of para-hydroxylation sites is 1. The first-order chi connectivity index (χ1) is 17.8. The smallest absolute Gasteiger partial charge is 0.162 e. The molecule has 0 unspecified atom stereocenters. The molecule has 5 nitrogen and oxygen atoms in total. The van der Waals surface area contributed by atoms with Crippen LogP contribution in [-0.2, 0) is 6.42 Å². The molecule has 0 aliphatic carbocycles. The van der Waals surface area contributed by atoms with Crippen LogP contribution in [0.1, 0.15) is 5.56 Å². The summed E-state index contributed by atoms with van der Waals surface area (Å²) in [6, 6.07) is 32.9. The Morgan fingerprint density at radius 3 is 2.22 bits per heavy atom. The molecule has 2 N–H and O–H groups in total. The van der Waals surface area contributed by atoms with Crippen molar-refractivity contribution in [1.82, 2.24) is 19.9 Å². The topological polar surface area (TPSA) is 66.5 Å². The number of hydrogen-bond donors (Lipinski definition) is 2. The van der Waals surface area contributed by atoms with Crippen LogP contribution in [0, 0.1) is 0 Å². The van der Waals surface area contributed by atoms with Crippen LogP contribution < -0.4 is 5.32 Å². The fourth-order valence-electron chi connectivity index (χ4n) is 4.43. The number of hydrogen-bond acceptors (Lipinski definition) is 4. The van der Waals surface area contributed by atoms with Crippen LogP contribution in [0.2, 0.25) is 0 Å². The van der Waals surface area contributed by atoms with Gasteiger partial charge >= 0.3 is 0 Å². The van der Waals surface area contributed by atoms with Crippen molar-refractivity contribution in [2.24, 2.45) is 0 Å². The molecule has 0 saturated carbocycles. The predicted octanol–water partition coefficient (Wildman–Crippen LogP) is 7.01. The molecule has 3 aromatic heterocycles. The van der Waals surface area contributed by atoms with E-state index in [1.165, 1.54) is 10.9 Å². The van der Waals surface area contributed by atoms with Crippen molar-refractivity contribution in [3.05, 3.63) is 121 Å². The van der Waals surface area contributed by atoms with Gasteiger partial charge in [0.2, 0.25) is 0 Å². The van der Waals surface area contributed by atoms with E-state index < -0.39 is 0 Å². The monoisotopic (exact) mass is 467 g/mol. The number of H-pyrrole nitrogens is 1. The van der Waals surface area contributed by atoms with Gasteiger partial charge in [0, 0.05) is 58.8 Å². The average Bonchev–Trinajstić information content (AvgIpc) is 3.37. The van der Waals surface area contributed by atoms with Crippen LogP contribution >= 0.6 is 0 Å². The number of rotatable bonds is 7. The molecule has 0 amide bonds. The first-order valence-corrected chi connectivity index (χ1v) is 12.1. The molecule has 6 aromatic rings. The van der Waals surface area contributed by atoms with E-state index in [-0.39, 0.29) is 0 Å². The number of benzene rings is 3. The summed E-state index contributed by atoms with van der Waals surface area (Å²) in [4.78, 5) is 17.6. The summed E-state index contributed by atoms with van der Waals surface area (Å²) in [7, 11) is 0. The Hall–Kier alpha value is -4.77. The van der Waals surface area contributed by atoms with Gasteiger partial charge in [-0.1, -0.05) is 78.9 Å². The summed E-state index contributed by atoms with van der Waals surface area (Å²) < 4.78 is 0. The van der Waals surface area contributed by atoms with E-state index in [2.05, 4.69) is 63.9 Å². The minimum absolute atomic E-state index is 0.688. The third-order valence-corrected chi connectivity index (χ3v) is 6.27. The molecule has 0 saturated heterocycles. The molecule has 3 aromatic carbocycles. The highest BCUT2D eigenvalue weighted by Crippen LogP contribution is 2.28. The molecular weight excluding hydrogens is 442 g/mol. The number of aromatic amines is 1. The number of aromatic nitrogens is 4. The van der Waals surface area contributed by atoms with Gasteiger partial charge < -0.3 is 10.3 Å². The molecule has 6 rings (SSSR count). The van der Waals surface area contributed by atoms with Crippen molar-refractivity contribution in [2.75, 3.05) is 11.9 Å². The summed E-state index contributed by atoms with van der Waals surface area (Å²) in [5.74, 6) is 1.48. The van der Waals surface area contributed by atoms with Crippen LogP contribution in [-0.4, -0.2) is 26.5 Å². The van der Waals surface area contributed by atoms with Gasteiger partial charge in [-0.15, -0.1) is 0 Å². The fraction of sp³-hybridized carbons (Fsp3) is 0.0645. The second-order valence-corrected chi connectivity index (χ2v) is 8.69. The van der Waals surface area contributed by atoms with Gasteiger partial charge in [0.1, 0.15) is 5.82 Å². The SMILES string of the molecule is c1ccc(-c2cncc(-c3cc(NCCc4c[nH]c5ccccc45)nc(-c4ccccc4)n3)c2)cc1. The Morgan fingerprint density at radius 1 is 0.667 bits per heavy atom. The van der Waals surface area contributed by atoms with Crippen molar-refractivity contribution < 1.29 is 0 Å². The van der Waals surface area contributed by atoms with Crippen LogP contribution in [0.15, 0.2) is 116 Å². The summed E-state index contributed by atoms with van der Waals surface area (Å²) in [5, 5.41) is 4.79. The average molecular weight is 468 g/mol. The van der Waals surface area contributed by atoms with Gasteiger partial charge in [-0.25, -0.2) is 9.97 Å². The van der Waals surface area contributed by atoms with E-state index >= 15 is 0 Å².